The molecule has 0 aliphatic rings. The molecule has 0 aliphatic heterocycles. The Morgan fingerprint density at radius 3 is 1.76 bits per heavy atom. The Morgan fingerprint density at radius 1 is 1.12 bits per heavy atom. The van der Waals surface area contributed by atoms with Gasteiger partial charge in [0.15, 0.2) is 0 Å². The van der Waals surface area contributed by atoms with Gasteiger partial charge in [-0.05, 0) is 6.92 Å². The monoisotopic (exact) mass is 262 g/mol. The Bertz CT molecular complexity index is 369. The fourth-order valence-corrected chi connectivity index (χ4v) is 0.872. The number of esters is 1. The van der Waals surface area contributed by atoms with Crippen molar-refractivity contribution >= 4 is 11.9 Å². The Balaban J connectivity index is 5.83. The van der Waals surface area contributed by atoms with Gasteiger partial charge in [0, 0.05) is 5.57 Å². The molecule has 0 fully saturated rings. The number of methoxy groups -OCH3 is 1. The van der Waals surface area contributed by atoms with Crippen molar-refractivity contribution in [3.63, 3.8) is 0 Å². The molecule has 0 bridgehead atoms. The van der Waals surface area contributed by atoms with Crippen molar-refractivity contribution in [2.45, 2.75) is 19.0 Å². The Labute approximate surface area is 91.7 Å². The molecule has 0 aromatic carbocycles. The number of aliphatic carboxylic acids is 1. The molecule has 0 radical (unpaired) electrons. The average Bonchev–Trinajstić information content (AvgIpc) is 2.15. The zero-order valence-electron chi connectivity index (χ0n) is 8.56. The molecule has 1 N–H and O–H groups in total. The summed E-state index contributed by atoms with van der Waals surface area (Å²) in [6, 6.07) is 0. The highest BCUT2D eigenvalue weighted by Crippen LogP contribution is 2.42. The van der Waals surface area contributed by atoms with Gasteiger partial charge < -0.3 is 9.84 Å². The summed E-state index contributed by atoms with van der Waals surface area (Å²) >= 11 is 0. The van der Waals surface area contributed by atoms with Crippen molar-refractivity contribution in [3.8, 4) is 0 Å². The van der Waals surface area contributed by atoms with E-state index in [0.717, 1.165) is 0 Å². The number of rotatable bonds is 3. The number of carboxylic acid groups (broad SMARTS) is 1. The van der Waals surface area contributed by atoms with Crippen LogP contribution in [0.15, 0.2) is 11.1 Å². The molecule has 0 saturated carbocycles. The van der Waals surface area contributed by atoms with Gasteiger partial charge in [0.25, 0.3) is 0 Å². The second-order valence-corrected chi connectivity index (χ2v) is 2.87. The first kappa shape index (κ1) is 15.3. The number of allylic oxidation sites excluding steroid dienone is 1. The standard InChI is InChI=1S/C8H7F5O4/c1-3(7(9,10)8(11,12)13)4(5(14)15)6(16)17-2/h1-2H3,(H,14,15). The van der Waals surface area contributed by atoms with Crippen LogP contribution in [0.3, 0.4) is 0 Å². The van der Waals surface area contributed by atoms with E-state index in [1.165, 1.54) is 0 Å². The molecule has 0 unspecified atom stereocenters. The van der Waals surface area contributed by atoms with Crippen molar-refractivity contribution in [2.75, 3.05) is 7.11 Å². The molecule has 0 atom stereocenters. The predicted octanol–water partition coefficient (Wildman–Crippen LogP) is 1.76. The van der Waals surface area contributed by atoms with Crippen molar-refractivity contribution in [2.24, 2.45) is 0 Å². The lowest BCUT2D eigenvalue weighted by atomic mass is 10.0. The lowest BCUT2D eigenvalue weighted by molar-refractivity contribution is -0.264. The van der Waals surface area contributed by atoms with E-state index in [0.29, 0.717) is 7.11 Å². The first-order chi connectivity index (χ1) is 7.46. The van der Waals surface area contributed by atoms with E-state index >= 15 is 0 Å². The summed E-state index contributed by atoms with van der Waals surface area (Å²) in [5.74, 6) is -9.42. The number of hydrogen-bond donors (Lipinski definition) is 1. The normalized spacial score (nSPS) is 14.1. The Kier molecular flexibility index (Phi) is 4.22. The van der Waals surface area contributed by atoms with Crippen LogP contribution in [0, 0.1) is 0 Å². The van der Waals surface area contributed by atoms with Crippen LogP contribution in [0.5, 0.6) is 0 Å². The molecular formula is C8H7F5O4. The molecule has 0 spiro atoms. The third kappa shape index (κ3) is 2.92. The maximum Gasteiger partial charge on any atom is 0.457 e. The lowest BCUT2D eigenvalue weighted by Crippen LogP contribution is -2.39. The van der Waals surface area contributed by atoms with Gasteiger partial charge in [0.2, 0.25) is 0 Å². The Hall–Kier alpha value is -1.67. The number of alkyl halides is 5. The molecule has 4 nitrogen and oxygen atoms in total. The van der Waals surface area contributed by atoms with Crippen LogP contribution >= 0.6 is 0 Å². The SMILES string of the molecule is COC(=O)C(C(=O)O)=C(C)C(F)(F)C(F)(F)F. The average molecular weight is 262 g/mol. The van der Waals surface area contributed by atoms with Crippen molar-refractivity contribution in [1.82, 2.24) is 0 Å². The topological polar surface area (TPSA) is 63.6 Å². The van der Waals surface area contributed by atoms with E-state index < -0.39 is 35.2 Å². The van der Waals surface area contributed by atoms with Gasteiger partial charge in [-0.15, -0.1) is 0 Å². The van der Waals surface area contributed by atoms with Gasteiger partial charge in [-0.1, -0.05) is 0 Å². The van der Waals surface area contributed by atoms with Gasteiger partial charge >= 0.3 is 24.0 Å². The molecule has 0 saturated heterocycles. The van der Waals surface area contributed by atoms with Crippen LogP contribution in [0.1, 0.15) is 6.92 Å². The van der Waals surface area contributed by atoms with Gasteiger partial charge in [-0.25, -0.2) is 9.59 Å². The zero-order chi connectivity index (χ0) is 14.0. The summed E-state index contributed by atoms with van der Waals surface area (Å²) in [6.45, 7) is 0.202. The second-order valence-electron chi connectivity index (χ2n) is 2.87. The quantitative estimate of drug-likeness (QED) is 0.277. The van der Waals surface area contributed by atoms with Crippen molar-refractivity contribution in [3.05, 3.63) is 11.1 Å². The minimum atomic E-state index is -5.99. The highest BCUT2D eigenvalue weighted by molar-refractivity contribution is 6.14. The van der Waals surface area contributed by atoms with Crippen molar-refractivity contribution in [1.29, 1.82) is 0 Å². The number of carboxylic acids is 1. The highest BCUT2D eigenvalue weighted by atomic mass is 19.4. The fourth-order valence-electron chi connectivity index (χ4n) is 0.872. The fraction of sp³-hybridized carbons (Fsp3) is 0.500. The summed E-state index contributed by atoms with van der Waals surface area (Å²) < 4.78 is 65.2. The molecule has 0 rings (SSSR count). The second kappa shape index (κ2) is 4.68. The molecule has 0 amide bonds. The third-order valence-corrected chi connectivity index (χ3v) is 1.81. The molecule has 98 valence electrons. The van der Waals surface area contributed by atoms with Gasteiger partial charge in [0.05, 0.1) is 7.11 Å². The molecule has 9 heteroatoms. The number of carbonyl (C=O) groups is 2. The lowest BCUT2D eigenvalue weighted by Gasteiger charge is -2.21. The molecule has 0 heterocycles. The van der Waals surface area contributed by atoms with Crippen LogP contribution in [-0.2, 0) is 14.3 Å². The highest BCUT2D eigenvalue weighted by Gasteiger charge is 2.60. The largest absolute Gasteiger partial charge is 0.477 e. The number of ether oxygens (including phenoxy) is 1. The zero-order valence-corrected chi connectivity index (χ0v) is 8.56. The van der Waals surface area contributed by atoms with Gasteiger partial charge in [-0.3, -0.25) is 0 Å². The summed E-state index contributed by atoms with van der Waals surface area (Å²) in [5.41, 5.74) is -3.67. The minimum absolute atomic E-state index is 0.202. The summed E-state index contributed by atoms with van der Waals surface area (Å²) in [6.07, 6.45) is -5.99. The van der Waals surface area contributed by atoms with E-state index in [4.69, 9.17) is 5.11 Å². The first-order valence-electron chi connectivity index (χ1n) is 3.94. The van der Waals surface area contributed by atoms with Crippen LogP contribution in [-0.4, -0.2) is 36.3 Å². The minimum Gasteiger partial charge on any atom is -0.477 e. The van der Waals surface area contributed by atoms with Gasteiger partial charge in [0.1, 0.15) is 5.57 Å². The predicted molar refractivity (Wildman–Crippen MR) is 43.4 cm³/mol. The molecule has 0 aromatic rings. The summed E-state index contributed by atoms with van der Waals surface area (Å²) in [7, 11) is 0.657. The number of carbonyl (C=O) groups excluding carboxylic acids is 1. The maximum atomic E-state index is 12.8. The smallest absolute Gasteiger partial charge is 0.457 e. The number of hydrogen-bond acceptors (Lipinski definition) is 3. The molecule has 0 aromatic heterocycles. The van der Waals surface area contributed by atoms with E-state index in [1.807, 2.05) is 0 Å². The van der Waals surface area contributed by atoms with Crippen LogP contribution < -0.4 is 0 Å². The van der Waals surface area contributed by atoms with E-state index in [-0.39, 0.29) is 6.92 Å². The summed E-state index contributed by atoms with van der Waals surface area (Å²) in [4.78, 5) is 21.3. The van der Waals surface area contributed by atoms with Gasteiger partial charge in [-0.2, -0.15) is 22.0 Å². The van der Waals surface area contributed by atoms with Crippen LogP contribution in [0.2, 0.25) is 0 Å². The van der Waals surface area contributed by atoms with E-state index in [9.17, 15) is 31.5 Å². The van der Waals surface area contributed by atoms with Crippen LogP contribution in [0.25, 0.3) is 0 Å². The maximum absolute atomic E-state index is 12.8. The number of halogens is 5. The van der Waals surface area contributed by atoms with Crippen molar-refractivity contribution < 1.29 is 41.4 Å². The molecule has 0 aliphatic carbocycles. The third-order valence-electron chi connectivity index (χ3n) is 1.81. The Morgan fingerprint density at radius 2 is 1.53 bits per heavy atom. The first-order valence-corrected chi connectivity index (χ1v) is 3.94. The van der Waals surface area contributed by atoms with E-state index in [2.05, 4.69) is 4.74 Å². The van der Waals surface area contributed by atoms with E-state index in [1.54, 1.807) is 0 Å². The van der Waals surface area contributed by atoms with Crippen LogP contribution in [0.4, 0.5) is 22.0 Å². The summed E-state index contributed by atoms with van der Waals surface area (Å²) in [5, 5.41) is 8.41. The molecule has 17 heavy (non-hydrogen) atoms. The molecular weight excluding hydrogens is 255 g/mol.